The number of rotatable bonds is 4. The van der Waals surface area contributed by atoms with Gasteiger partial charge in [0.15, 0.2) is 5.82 Å². The van der Waals surface area contributed by atoms with E-state index < -0.39 is 0 Å². The van der Waals surface area contributed by atoms with Gasteiger partial charge >= 0.3 is 0 Å². The number of anilines is 2. The highest BCUT2D eigenvalue weighted by molar-refractivity contribution is 6.18. The first-order valence-electron chi connectivity index (χ1n) is 8.48. The predicted octanol–water partition coefficient (Wildman–Crippen LogP) is 3.58. The van der Waals surface area contributed by atoms with Gasteiger partial charge in [-0.2, -0.15) is 0 Å². The Kier molecular flexibility index (Phi) is 4.19. The monoisotopic (exact) mass is 342 g/mol. The minimum absolute atomic E-state index is 0.241. The van der Waals surface area contributed by atoms with E-state index in [1.165, 1.54) is 0 Å². The molecule has 2 heterocycles. The van der Waals surface area contributed by atoms with Crippen molar-refractivity contribution in [3.05, 3.63) is 84.1 Å². The number of aliphatic imine (C=N–C) groups is 1. The molecular weight excluding hydrogens is 324 g/mol. The lowest BCUT2D eigenvalue weighted by Gasteiger charge is -2.24. The number of primary amides is 1. The van der Waals surface area contributed by atoms with Crippen molar-refractivity contribution in [2.24, 2.45) is 10.7 Å². The van der Waals surface area contributed by atoms with E-state index in [2.05, 4.69) is 4.98 Å². The van der Waals surface area contributed by atoms with Crippen molar-refractivity contribution in [2.45, 2.75) is 6.42 Å². The molecule has 0 bridgehead atoms. The molecule has 0 unspecified atom stereocenters. The van der Waals surface area contributed by atoms with Gasteiger partial charge < -0.3 is 10.6 Å². The normalized spacial score (nSPS) is 12.6. The summed E-state index contributed by atoms with van der Waals surface area (Å²) in [6.07, 6.45) is 1.98. The lowest BCUT2D eigenvalue weighted by molar-refractivity contribution is -0.117. The fraction of sp³-hybridized carbons (Fsp3) is 0.0952. The molecule has 2 N–H and O–H groups in total. The lowest BCUT2D eigenvalue weighted by Crippen LogP contribution is -2.25. The Morgan fingerprint density at radius 3 is 2.54 bits per heavy atom. The number of fused-ring (bicyclic) bond motifs is 2. The van der Waals surface area contributed by atoms with Crippen LogP contribution in [0.15, 0.2) is 77.9 Å². The van der Waals surface area contributed by atoms with Crippen molar-refractivity contribution in [1.29, 1.82) is 0 Å². The van der Waals surface area contributed by atoms with E-state index in [0.717, 1.165) is 34.0 Å². The molecule has 0 fully saturated rings. The zero-order valence-corrected chi connectivity index (χ0v) is 14.2. The van der Waals surface area contributed by atoms with Gasteiger partial charge in [0.2, 0.25) is 5.91 Å². The number of pyridine rings is 1. The van der Waals surface area contributed by atoms with Crippen LogP contribution in [-0.2, 0) is 4.79 Å². The molecule has 128 valence electrons. The van der Waals surface area contributed by atoms with E-state index in [1.54, 1.807) is 6.20 Å². The number of aromatic nitrogens is 1. The van der Waals surface area contributed by atoms with Crippen molar-refractivity contribution in [3.63, 3.8) is 0 Å². The van der Waals surface area contributed by atoms with E-state index in [1.807, 2.05) is 71.6 Å². The number of nitrogens with zero attached hydrogens (tertiary/aromatic N) is 3. The SMILES string of the molecule is NC(=O)CCN1c2ccccc2C(c2ccccc2)=Nc2cccnc21. The van der Waals surface area contributed by atoms with Crippen molar-refractivity contribution in [2.75, 3.05) is 11.4 Å². The van der Waals surface area contributed by atoms with E-state index >= 15 is 0 Å². The molecule has 0 saturated heterocycles. The Labute approximate surface area is 151 Å². The fourth-order valence-corrected chi connectivity index (χ4v) is 3.15. The average molecular weight is 342 g/mol. The Bertz CT molecular complexity index is 982. The van der Waals surface area contributed by atoms with Gasteiger partial charge in [0.05, 0.1) is 11.4 Å². The quantitative estimate of drug-likeness (QED) is 0.788. The van der Waals surface area contributed by atoms with Crippen molar-refractivity contribution in [1.82, 2.24) is 4.98 Å². The van der Waals surface area contributed by atoms with E-state index in [-0.39, 0.29) is 12.3 Å². The Balaban J connectivity index is 1.94. The summed E-state index contributed by atoms with van der Waals surface area (Å²) in [4.78, 5) is 22.9. The molecule has 1 amide bonds. The van der Waals surface area contributed by atoms with Crippen LogP contribution in [0.3, 0.4) is 0 Å². The van der Waals surface area contributed by atoms with Crippen molar-refractivity contribution >= 4 is 28.8 Å². The second-order valence-electron chi connectivity index (χ2n) is 6.06. The molecule has 26 heavy (non-hydrogen) atoms. The molecule has 1 aromatic heterocycles. The minimum Gasteiger partial charge on any atom is -0.370 e. The van der Waals surface area contributed by atoms with Gasteiger partial charge in [0.1, 0.15) is 5.69 Å². The molecule has 0 radical (unpaired) electrons. The minimum atomic E-state index is -0.339. The standard InChI is InChI=1S/C21H18N4O/c22-19(26)12-14-25-18-11-5-4-9-16(18)20(15-7-2-1-3-8-15)24-17-10-6-13-23-21(17)25/h1-11,13H,12,14H2,(H2,22,26). The molecule has 2 aromatic carbocycles. The smallest absolute Gasteiger partial charge is 0.219 e. The summed E-state index contributed by atoms with van der Waals surface area (Å²) < 4.78 is 0. The fourth-order valence-electron chi connectivity index (χ4n) is 3.15. The molecule has 0 aliphatic carbocycles. The van der Waals surface area contributed by atoms with E-state index in [9.17, 15) is 4.79 Å². The third-order valence-corrected chi connectivity index (χ3v) is 4.33. The van der Waals surface area contributed by atoms with E-state index in [4.69, 9.17) is 10.7 Å². The number of hydrogen-bond donors (Lipinski definition) is 1. The third-order valence-electron chi connectivity index (χ3n) is 4.33. The second-order valence-corrected chi connectivity index (χ2v) is 6.06. The highest BCUT2D eigenvalue weighted by Crippen LogP contribution is 2.38. The Hall–Kier alpha value is -3.47. The molecule has 1 aliphatic heterocycles. The number of benzene rings is 2. The second kappa shape index (κ2) is 6.80. The van der Waals surface area contributed by atoms with Gasteiger partial charge in [-0.1, -0.05) is 48.5 Å². The Morgan fingerprint density at radius 1 is 0.962 bits per heavy atom. The van der Waals surface area contributed by atoms with Crippen LogP contribution in [0, 0.1) is 0 Å². The molecule has 0 atom stereocenters. The van der Waals surface area contributed by atoms with Crippen LogP contribution in [0.25, 0.3) is 0 Å². The zero-order chi connectivity index (χ0) is 17.9. The molecule has 5 nitrogen and oxygen atoms in total. The Morgan fingerprint density at radius 2 is 1.73 bits per heavy atom. The summed E-state index contributed by atoms with van der Waals surface area (Å²) in [6.45, 7) is 0.452. The first kappa shape index (κ1) is 16.0. The maximum Gasteiger partial charge on any atom is 0.219 e. The summed E-state index contributed by atoms with van der Waals surface area (Å²) in [6, 6.07) is 21.9. The number of carbonyl (C=O) groups is 1. The first-order valence-corrected chi connectivity index (χ1v) is 8.48. The third kappa shape index (κ3) is 2.95. The van der Waals surface area contributed by atoms with Gasteiger partial charge in [0.25, 0.3) is 0 Å². The van der Waals surface area contributed by atoms with Crippen LogP contribution < -0.4 is 10.6 Å². The van der Waals surface area contributed by atoms with Crippen molar-refractivity contribution in [3.8, 4) is 0 Å². The van der Waals surface area contributed by atoms with Crippen LogP contribution >= 0.6 is 0 Å². The van der Waals surface area contributed by atoms with Crippen LogP contribution in [0.5, 0.6) is 0 Å². The molecule has 1 aliphatic rings. The number of para-hydroxylation sites is 1. The largest absolute Gasteiger partial charge is 0.370 e. The summed E-state index contributed by atoms with van der Waals surface area (Å²) in [7, 11) is 0. The summed E-state index contributed by atoms with van der Waals surface area (Å²) in [5.41, 5.74) is 10.1. The van der Waals surface area contributed by atoms with Gasteiger partial charge in [-0.15, -0.1) is 0 Å². The lowest BCUT2D eigenvalue weighted by atomic mass is 10.00. The van der Waals surface area contributed by atoms with Crippen LogP contribution in [0.2, 0.25) is 0 Å². The van der Waals surface area contributed by atoms with Crippen LogP contribution in [0.4, 0.5) is 17.2 Å². The molecule has 4 rings (SSSR count). The van der Waals surface area contributed by atoms with Gasteiger partial charge in [0, 0.05) is 30.3 Å². The maximum absolute atomic E-state index is 11.4. The topological polar surface area (TPSA) is 71.6 Å². The van der Waals surface area contributed by atoms with Crippen LogP contribution in [0.1, 0.15) is 17.5 Å². The molecular formula is C21H18N4O. The van der Waals surface area contributed by atoms with Crippen molar-refractivity contribution < 1.29 is 4.79 Å². The maximum atomic E-state index is 11.4. The highest BCUT2D eigenvalue weighted by Gasteiger charge is 2.24. The summed E-state index contributed by atoms with van der Waals surface area (Å²) >= 11 is 0. The zero-order valence-electron chi connectivity index (χ0n) is 14.2. The van der Waals surface area contributed by atoms with Crippen LogP contribution in [-0.4, -0.2) is 23.1 Å². The van der Waals surface area contributed by atoms with Gasteiger partial charge in [-0.05, 0) is 18.2 Å². The number of hydrogen-bond acceptors (Lipinski definition) is 4. The summed E-state index contributed by atoms with van der Waals surface area (Å²) in [5.74, 6) is 0.389. The molecule has 5 heteroatoms. The number of carbonyl (C=O) groups excluding carboxylic acids is 1. The number of amides is 1. The molecule has 3 aromatic rings. The first-order chi connectivity index (χ1) is 12.7. The number of nitrogens with two attached hydrogens (primary N) is 1. The van der Waals surface area contributed by atoms with E-state index in [0.29, 0.717) is 6.54 Å². The average Bonchev–Trinajstić information content (AvgIpc) is 2.82. The predicted molar refractivity (Wildman–Crippen MR) is 103 cm³/mol. The highest BCUT2D eigenvalue weighted by atomic mass is 16.1. The van der Waals surface area contributed by atoms with Gasteiger partial charge in [-0.3, -0.25) is 4.79 Å². The van der Waals surface area contributed by atoms with Gasteiger partial charge in [-0.25, -0.2) is 9.98 Å². The molecule has 0 spiro atoms. The summed E-state index contributed by atoms with van der Waals surface area (Å²) in [5, 5.41) is 0. The molecule has 0 saturated carbocycles.